The van der Waals surface area contributed by atoms with Crippen molar-refractivity contribution in [2.45, 2.75) is 25.8 Å². The van der Waals surface area contributed by atoms with Crippen LogP contribution in [-0.2, 0) is 6.42 Å². The second-order valence-corrected chi connectivity index (χ2v) is 4.19. The highest BCUT2D eigenvalue weighted by Gasteiger charge is 2.34. The standard InChI is InChI=1S/C11H11FN2O4/c1-6-2-3-7-9(13(6)11(15)16)5-4-8(12)10(7)14(17)18/h4-6H,2-3H2,1H3,(H,15,16)/t6-/m0/s1. The predicted octanol–water partition coefficient (Wildman–Crippen LogP) is 2.55. The van der Waals surface area contributed by atoms with Crippen LogP contribution in [0.15, 0.2) is 12.1 Å². The summed E-state index contributed by atoms with van der Waals surface area (Å²) in [5.74, 6) is -0.932. The van der Waals surface area contributed by atoms with E-state index in [2.05, 4.69) is 0 Å². The summed E-state index contributed by atoms with van der Waals surface area (Å²) in [5, 5.41) is 20.0. The van der Waals surface area contributed by atoms with Gasteiger partial charge in [0.15, 0.2) is 0 Å². The van der Waals surface area contributed by atoms with Gasteiger partial charge in [-0.3, -0.25) is 15.0 Å². The molecule has 1 atom stereocenters. The molecule has 6 nitrogen and oxygen atoms in total. The van der Waals surface area contributed by atoms with Gasteiger partial charge in [-0.1, -0.05) is 0 Å². The molecule has 1 N–H and O–H groups in total. The number of hydrogen-bond donors (Lipinski definition) is 1. The Bertz CT molecular complexity index is 532. The number of halogens is 1. The van der Waals surface area contributed by atoms with Gasteiger partial charge in [-0.05, 0) is 31.9 Å². The first kappa shape index (κ1) is 12.3. The van der Waals surface area contributed by atoms with Crippen LogP contribution < -0.4 is 4.90 Å². The molecule has 0 bridgehead atoms. The van der Waals surface area contributed by atoms with Crippen molar-refractivity contribution in [2.75, 3.05) is 4.90 Å². The fourth-order valence-electron chi connectivity index (χ4n) is 2.28. The van der Waals surface area contributed by atoms with Crippen LogP contribution in [0.5, 0.6) is 0 Å². The topological polar surface area (TPSA) is 83.7 Å². The molecular formula is C11H11FN2O4. The highest BCUT2D eigenvalue weighted by molar-refractivity contribution is 5.89. The van der Waals surface area contributed by atoms with Gasteiger partial charge in [0, 0.05) is 6.04 Å². The van der Waals surface area contributed by atoms with Crippen molar-refractivity contribution in [3.8, 4) is 0 Å². The Labute approximate surface area is 102 Å². The first-order chi connectivity index (χ1) is 8.43. The maximum Gasteiger partial charge on any atom is 0.412 e. The van der Waals surface area contributed by atoms with Crippen LogP contribution in [0.2, 0.25) is 0 Å². The number of benzene rings is 1. The Balaban J connectivity index is 2.65. The number of amides is 1. The van der Waals surface area contributed by atoms with Gasteiger partial charge < -0.3 is 5.11 Å². The van der Waals surface area contributed by atoms with Crippen molar-refractivity contribution in [1.29, 1.82) is 0 Å². The Morgan fingerprint density at radius 2 is 2.28 bits per heavy atom. The second-order valence-electron chi connectivity index (χ2n) is 4.19. The molecule has 1 heterocycles. The molecule has 1 aromatic carbocycles. The third-order valence-electron chi connectivity index (χ3n) is 3.11. The van der Waals surface area contributed by atoms with E-state index < -0.39 is 22.5 Å². The van der Waals surface area contributed by atoms with E-state index in [4.69, 9.17) is 5.11 Å². The van der Waals surface area contributed by atoms with Crippen molar-refractivity contribution < 1.29 is 19.2 Å². The van der Waals surface area contributed by atoms with E-state index in [1.807, 2.05) is 0 Å². The van der Waals surface area contributed by atoms with Crippen LogP contribution in [-0.4, -0.2) is 22.2 Å². The minimum atomic E-state index is -1.19. The van der Waals surface area contributed by atoms with E-state index in [9.17, 15) is 19.3 Å². The van der Waals surface area contributed by atoms with Gasteiger partial charge in [0.25, 0.3) is 0 Å². The molecule has 0 saturated carbocycles. The highest BCUT2D eigenvalue weighted by atomic mass is 19.1. The molecule has 0 saturated heterocycles. The largest absolute Gasteiger partial charge is 0.465 e. The maximum atomic E-state index is 13.4. The number of anilines is 1. The van der Waals surface area contributed by atoms with Gasteiger partial charge >= 0.3 is 11.8 Å². The summed E-state index contributed by atoms with van der Waals surface area (Å²) in [6.45, 7) is 1.71. The summed E-state index contributed by atoms with van der Waals surface area (Å²) in [6, 6.07) is 1.94. The summed E-state index contributed by atoms with van der Waals surface area (Å²) in [4.78, 5) is 22.3. The Hall–Kier alpha value is -2.18. The number of nitro groups is 1. The zero-order valence-corrected chi connectivity index (χ0v) is 9.59. The molecule has 0 radical (unpaired) electrons. The monoisotopic (exact) mass is 254 g/mol. The molecule has 0 aromatic heterocycles. The lowest BCUT2D eigenvalue weighted by molar-refractivity contribution is -0.388. The number of fused-ring (bicyclic) bond motifs is 1. The van der Waals surface area contributed by atoms with Gasteiger partial charge in [-0.25, -0.2) is 4.79 Å². The lowest BCUT2D eigenvalue weighted by Crippen LogP contribution is -2.41. The number of rotatable bonds is 1. The minimum Gasteiger partial charge on any atom is -0.465 e. The molecule has 1 aliphatic heterocycles. The maximum absolute atomic E-state index is 13.4. The van der Waals surface area contributed by atoms with E-state index >= 15 is 0 Å². The predicted molar refractivity (Wildman–Crippen MR) is 61.3 cm³/mol. The number of hydrogen-bond acceptors (Lipinski definition) is 3. The van der Waals surface area contributed by atoms with E-state index in [0.717, 1.165) is 11.0 Å². The van der Waals surface area contributed by atoms with Gasteiger partial charge in [-0.15, -0.1) is 0 Å². The molecule has 1 aliphatic rings. The van der Waals surface area contributed by atoms with Crippen LogP contribution in [0, 0.1) is 15.9 Å². The minimum absolute atomic E-state index is 0.153. The molecule has 7 heteroatoms. The molecule has 2 rings (SSSR count). The molecular weight excluding hydrogens is 243 g/mol. The van der Waals surface area contributed by atoms with Gasteiger partial charge in [-0.2, -0.15) is 4.39 Å². The SMILES string of the molecule is C[C@H]1CCc2c(ccc(F)c2[N+](=O)[O-])N1C(=O)O. The van der Waals surface area contributed by atoms with Crippen LogP contribution in [0.25, 0.3) is 0 Å². The normalized spacial score (nSPS) is 18.3. The molecule has 1 aromatic rings. The van der Waals surface area contributed by atoms with Crippen molar-refractivity contribution in [1.82, 2.24) is 0 Å². The Morgan fingerprint density at radius 1 is 1.61 bits per heavy atom. The van der Waals surface area contributed by atoms with Gasteiger partial charge in [0.2, 0.25) is 5.82 Å². The Morgan fingerprint density at radius 3 is 2.83 bits per heavy atom. The van der Waals surface area contributed by atoms with Gasteiger partial charge in [0.05, 0.1) is 16.2 Å². The van der Waals surface area contributed by atoms with Crippen LogP contribution in [0.4, 0.5) is 20.6 Å². The van der Waals surface area contributed by atoms with E-state index in [1.165, 1.54) is 6.07 Å². The fraction of sp³-hybridized carbons (Fsp3) is 0.364. The van der Waals surface area contributed by atoms with Crippen LogP contribution in [0.1, 0.15) is 18.9 Å². The number of carbonyl (C=O) groups is 1. The molecule has 0 aliphatic carbocycles. The zero-order valence-electron chi connectivity index (χ0n) is 9.59. The fourth-order valence-corrected chi connectivity index (χ4v) is 2.28. The Kier molecular flexibility index (Phi) is 2.90. The van der Waals surface area contributed by atoms with Crippen LogP contribution in [0.3, 0.4) is 0 Å². The molecule has 0 fully saturated rings. The lowest BCUT2D eigenvalue weighted by atomic mass is 9.95. The van der Waals surface area contributed by atoms with Crippen molar-refractivity contribution in [3.63, 3.8) is 0 Å². The number of carboxylic acid groups (broad SMARTS) is 1. The summed E-state index contributed by atoms with van der Waals surface area (Å²) >= 11 is 0. The van der Waals surface area contributed by atoms with E-state index in [0.29, 0.717) is 12.8 Å². The summed E-state index contributed by atoms with van der Waals surface area (Å²) in [5.41, 5.74) is -0.263. The van der Waals surface area contributed by atoms with Crippen molar-refractivity contribution in [2.24, 2.45) is 0 Å². The highest BCUT2D eigenvalue weighted by Crippen LogP contribution is 2.37. The molecule has 0 spiro atoms. The molecule has 0 unspecified atom stereocenters. The summed E-state index contributed by atoms with van der Waals surface area (Å²) < 4.78 is 13.4. The van der Waals surface area contributed by atoms with Crippen molar-refractivity contribution in [3.05, 3.63) is 33.6 Å². The second kappa shape index (κ2) is 4.25. The van der Waals surface area contributed by atoms with E-state index in [-0.39, 0.29) is 17.3 Å². The molecule has 18 heavy (non-hydrogen) atoms. The molecule has 1 amide bonds. The quantitative estimate of drug-likeness (QED) is 0.616. The average molecular weight is 254 g/mol. The van der Waals surface area contributed by atoms with Crippen molar-refractivity contribution >= 4 is 17.5 Å². The average Bonchev–Trinajstić information content (AvgIpc) is 2.27. The summed E-state index contributed by atoms with van der Waals surface area (Å²) in [6.07, 6.45) is -0.456. The smallest absolute Gasteiger partial charge is 0.412 e. The first-order valence-corrected chi connectivity index (χ1v) is 5.41. The number of nitro benzene ring substituents is 1. The van der Waals surface area contributed by atoms with Gasteiger partial charge in [0.1, 0.15) is 0 Å². The first-order valence-electron chi connectivity index (χ1n) is 5.41. The summed E-state index contributed by atoms with van der Waals surface area (Å²) in [7, 11) is 0. The third-order valence-corrected chi connectivity index (χ3v) is 3.11. The third kappa shape index (κ3) is 1.77. The zero-order chi connectivity index (χ0) is 13.4. The van der Waals surface area contributed by atoms with Crippen LogP contribution >= 0.6 is 0 Å². The number of nitrogens with zero attached hydrogens (tertiary/aromatic N) is 2. The molecule has 96 valence electrons. The van der Waals surface area contributed by atoms with E-state index in [1.54, 1.807) is 6.92 Å². The lowest BCUT2D eigenvalue weighted by Gasteiger charge is -2.32.